The molecule has 1 aliphatic rings. The molecule has 0 radical (unpaired) electrons. The first-order valence-electron chi connectivity index (χ1n) is 6.06. The first-order valence-corrected chi connectivity index (χ1v) is 7.04. The Balaban J connectivity index is 1.74. The molecule has 0 aliphatic carbocycles. The van der Waals surface area contributed by atoms with Crippen molar-refractivity contribution < 1.29 is 9.53 Å². The van der Waals surface area contributed by atoms with Gasteiger partial charge in [-0.05, 0) is 24.8 Å². The summed E-state index contributed by atoms with van der Waals surface area (Å²) in [6.45, 7) is 2.47. The lowest BCUT2D eigenvalue weighted by atomic mass is 9.94. The van der Waals surface area contributed by atoms with Crippen LogP contribution in [0.25, 0.3) is 0 Å². The van der Waals surface area contributed by atoms with Crippen molar-refractivity contribution in [1.82, 2.24) is 0 Å². The Labute approximate surface area is 107 Å². The third-order valence-corrected chi connectivity index (χ3v) is 3.97. The number of hydrogen-bond donors (Lipinski definition) is 0. The molecule has 1 aromatic rings. The minimum Gasteiger partial charge on any atom is -0.365 e. The van der Waals surface area contributed by atoms with Crippen LogP contribution in [0.1, 0.15) is 31.7 Å². The first-order chi connectivity index (χ1) is 8.23. The third-order valence-electron chi connectivity index (χ3n) is 3.07. The minimum atomic E-state index is -0.0118. The maximum Gasteiger partial charge on any atom is 0.185 e. The third kappa shape index (κ3) is 3.58. The molecule has 2 nitrogen and oxygen atoms in total. The maximum absolute atomic E-state index is 10.8. The van der Waals surface area contributed by atoms with Gasteiger partial charge in [0.1, 0.15) is 5.60 Å². The number of hydrogen-bond acceptors (Lipinski definition) is 3. The first kappa shape index (κ1) is 12.7. The van der Waals surface area contributed by atoms with E-state index in [4.69, 9.17) is 4.74 Å². The van der Waals surface area contributed by atoms with Crippen LogP contribution < -0.4 is 0 Å². The van der Waals surface area contributed by atoms with Crippen molar-refractivity contribution in [2.75, 3.05) is 12.4 Å². The molecule has 0 N–H and O–H groups in total. The molecule has 17 heavy (non-hydrogen) atoms. The lowest BCUT2D eigenvalue weighted by Gasteiger charge is -2.11. The smallest absolute Gasteiger partial charge is 0.185 e. The van der Waals surface area contributed by atoms with E-state index < -0.39 is 0 Å². The average Bonchev–Trinajstić information content (AvgIpc) is 3.11. The van der Waals surface area contributed by atoms with Crippen LogP contribution in [0.3, 0.4) is 0 Å². The maximum atomic E-state index is 10.8. The molecular formula is C14H18O2S. The number of ether oxygens (including phenoxy) is 1. The fourth-order valence-corrected chi connectivity index (χ4v) is 2.65. The molecule has 0 bridgehead atoms. The standard InChI is InChI=1S/C14H18O2S/c1-12(15)17-10-6-5-9-14(11-16-14)13-7-3-2-4-8-13/h2-4,7-8H,5-6,9-11H2,1H3. The van der Waals surface area contributed by atoms with Crippen LogP contribution >= 0.6 is 11.8 Å². The molecule has 0 spiro atoms. The molecule has 3 heteroatoms. The summed E-state index contributed by atoms with van der Waals surface area (Å²) in [5.74, 6) is 0.931. The monoisotopic (exact) mass is 250 g/mol. The van der Waals surface area contributed by atoms with Crippen LogP contribution in [-0.4, -0.2) is 17.5 Å². The second-order valence-corrected chi connectivity index (χ2v) is 5.72. The zero-order chi connectivity index (χ0) is 12.1. The lowest BCUT2D eigenvalue weighted by molar-refractivity contribution is -0.109. The van der Waals surface area contributed by atoms with Gasteiger partial charge in [0.2, 0.25) is 0 Å². The van der Waals surface area contributed by atoms with Gasteiger partial charge in [-0.1, -0.05) is 42.1 Å². The molecule has 0 saturated carbocycles. The summed E-state index contributed by atoms with van der Waals surface area (Å²) in [6, 6.07) is 10.4. The molecule has 0 amide bonds. The number of epoxide rings is 1. The van der Waals surface area contributed by atoms with Gasteiger partial charge in [-0.25, -0.2) is 0 Å². The second kappa shape index (κ2) is 5.69. The van der Waals surface area contributed by atoms with Crippen molar-refractivity contribution >= 4 is 16.9 Å². The summed E-state index contributed by atoms with van der Waals surface area (Å²) in [7, 11) is 0. The van der Waals surface area contributed by atoms with Crippen molar-refractivity contribution in [1.29, 1.82) is 0 Å². The molecule has 1 unspecified atom stereocenters. The topological polar surface area (TPSA) is 29.6 Å². The highest BCUT2D eigenvalue weighted by Crippen LogP contribution is 2.43. The summed E-state index contributed by atoms with van der Waals surface area (Å²) in [4.78, 5) is 10.8. The summed E-state index contributed by atoms with van der Waals surface area (Å²) in [5.41, 5.74) is 1.28. The van der Waals surface area contributed by atoms with Gasteiger partial charge in [0.05, 0.1) is 6.61 Å². The highest BCUT2D eigenvalue weighted by atomic mass is 32.2. The van der Waals surface area contributed by atoms with Crippen molar-refractivity contribution in [2.45, 2.75) is 31.8 Å². The number of unbranched alkanes of at least 4 members (excludes halogenated alkanes) is 1. The van der Waals surface area contributed by atoms with Crippen LogP contribution in [0.5, 0.6) is 0 Å². The summed E-state index contributed by atoms with van der Waals surface area (Å²) in [6.07, 6.45) is 3.27. The molecule has 1 heterocycles. The average molecular weight is 250 g/mol. The highest BCUT2D eigenvalue weighted by molar-refractivity contribution is 8.13. The van der Waals surface area contributed by atoms with E-state index in [0.717, 1.165) is 31.6 Å². The van der Waals surface area contributed by atoms with Crippen LogP contribution in [0.15, 0.2) is 30.3 Å². The Kier molecular flexibility index (Phi) is 4.24. The Morgan fingerprint density at radius 1 is 1.35 bits per heavy atom. The Bertz CT molecular complexity index is 371. The van der Waals surface area contributed by atoms with E-state index in [1.807, 2.05) is 6.07 Å². The lowest BCUT2D eigenvalue weighted by Crippen LogP contribution is -2.08. The summed E-state index contributed by atoms with van der Waals surface area (Å²) >= 11 is 1.42. The summed E-state index contributed by atoms with van der Waals surface area (Å²) < 4.78 is 5.64. The van der Waals surface area contributed by atoms with Gasteiger partial charge in [-0.2, -0.15) is 0 Å². The summed E-state index contributed by atoms with van der Waals surface area (Å²) in [5, 5.41) is 0.213. The van der Waals surface area contributed by atoms with E-state index in [0.29, 0.717) is 0 Å². The molecule has 2 rings (SSSR count). The van der Waals surface area contributed by atoms with Gasteiger partial charge in [0, 0.05) is 12.7 Å². The molecule has 1 aliphatic heterocycles. The van der Waals surface area contributed by atoms with Crippen molar-refractivity contribution in [3.63, 3.8) is 0 Å². The molecule has 1 atom stereocenters. The van der Waals surface area contributed by atoms with E-state index in [2.05, 4.69) is 24.3 Å². The van der Waals surface area contributed by atoms with Gasteiger partial charge in [-0.15, -0.1) is 0 Å². The molecule has 1 fully saturated rings. The number of carbonyl (C=O) groups excluding carboxylic acids is 1. The Morgan fingerprint density at radius 2 is 2.06 bits per heavy atom. The Hall–Kier alpha value is -0.800. The van der Waals surface area contributed by atoms with Crippen LogP contribution in [0, 0.1) is 0 Å². The second-order valence-electron chi connectivity index (χ2n) is 4.45. The van der Waals surface area contributed by atoms with E-state index in [-0.39, 0.29) is 10.7 Å². The number of carbonyl (C=O) groups is 1. The quantitative estimate of drug-likeness (QED) is 0.572. The van der Waals surface area contributed by atoms with E-state index >= 15 is 0 Å². The van der Waals surface area contributed by atoms with Crippen LogP contribution in [0.2, 0.25) is 0 Å². The van der Waals surface area contributed by atoms with Gasteiger partial charge in [0.25, 0.3) is 0 Å². The number of rotatable bonds is 6. The van der Waals surface area contributed by atoms with Crippen LogP contribution in [-0.2, 0) is 15.1 Å². The zero-order valence-electron chi connectivity index (χ0n) is 10.1. The fraction of sp³-hybridized carbons (Fsp3) is 0.500. The van der Waals surface area contributed by atoms with E-state index in [1.54, 1.807) is 6.92 Å². The van der Waals surface area contributed by atoms with Crippen LogP contribution in [0.4, 0.5) is 0 Å². The van der Waals surface area contributed by atoms with E-state index in [1.165, 1.54) is 17.3 Å². The SMILES string of the molecule is CC(=O)SCCCCC1(c2ccccc2)CO1. The van der Waals surface area contributed by atoms with Crippen molar-refractivity contribution in [3.8, 4) is 0 Å². The molecule has 0 aromatic heterocycles. The van der Waals surface area contributed by atoms with Crippen molar-refractivity contribution in [3.05, 3.63) is 35.9 Å². The predicted octanol–water partition coefficient (Wildman–Crippen LogP) is 3.36. The molecule has 92 valence electrons. The van der Waals surface area contributed by atoms with Gasteiger partial charge in [0.15, 0.2) is 5.12 Å². The highest BCUT2D eigenvalue weighted by Gasteiger charge is 2.45. The molecule has 1 saturated heterocycles. The zero-order valence-corrected chi connectivity index (χ0v) is 11.0. The van der Waals surface area contributed by atoms with Crippen molar-refractivity contribution in [2.24, 2.45) is 0 Å². The molecule has 1 aromatic carbocycles. The Morgan fingerprint density at radius 3 is 2.65 bits per heavy atom. The normalized spacial score (nSPS) is 22.4. The number of thioether (sulfide) groups is 1. The fourth-order valence-electron chi connectivity index (χ4n) is 2.01. The predicted molar refractivity (Wildman–Crippen MR) is 71.1 cm³/mol. The minimum absolute atomic E-state index is 0.0118. The largest absolute Gasteiger partial charge is 0.365 e. The van der Waals surface area contributed by atoms with Gasteiger partial charge in [-0.3, -0.25) is 4.79 Å². The van der Waals surface area contributed by atoms with E-state index in [9.17, 15) is 4.79 Å². The number of benzene rings is 1. The molecular weight excluding hydrogens is 232 g/mol. The van der Waals surface area contributed by atoms with Gasteiger partial charge >= 0.3 is 0 Å². The van der Waals surface area contributed by atoms with Gasteiger partial charge < -0.3 is 4.74 Å².